The third-order valence-electron chi connectivity index (χ3n) is 5.01. The molecule has 0 aliphatic carbocycles. The number of aryl methyl sites for hydroxylation is 1. The van der Waals surface area contributed by atoms with Crippen LogP contribution in [0.4, 0.5) is 0 Å². The summed E-state index contributed by atoms with van der Waals surface area (Å²) < 4.78 is 3.06. The van der Waals surface area contributed by atoms with E-state index in [0.717, 1.165) is 37.6 Å². The van der Waals surface area contributed by atoms with Crippen LogP contribution < -0.4 is 5.56 Å². The molecule has 0 unspecified atom stereocenters. The van der Waals surface area contributed by atoms with E-state index in [1.165, 1.54) is 21.9 Å². The topological polar surface area (TPSA) is 75.7 Å². The molecule has 1 aliphatic heterocycles. The second-order valence-corrected chi connectivity index (χ2v) is 7.60. The zero-order valence-corrected chi connectivity index (χ0v) is 16.3. The minimum atomic E-state index is -0.238. The molecular formula is C18H22N6O2S. The first kappa shape index (κ1) is 17.9. The van der Waals surface area contributed by atoms with Crippen molar-refractivity contribution in [3.63, 3.8) is 0 Å². The lowest BCUT2D eigenvalue weighted by molar-refractivity contribution is -0.133. The molecule has 1 aliphatic rings. The number of hydrogen-bond donors (Lipinski definition) is 0. The number of likely N-dealkylation sites (N-methyl/N-ethyl adjacent to an activating group) is 1. The van der Waals surface area contributed by atoms with Gasteiger partial charge in [-0.25, -0.2) is 0 Å². The van der Waals surface area contributed by atoms with Crippen LogP contribution in [0.3, 0.4) is 0 Å². The molecule has 1 saturated heterocycles. The van der Waals surface area contributed by atoms with Crippen LogP contribution in [0.5, 0.6) is 0 Å². The van der Waals surface area contributed by atoms with Crippen molar-refractivity contribution >= 4 is 23.0 Å². The van der Waals surface area contributed by atoms with Gasteiger partial charge in [0.2, 0.25) is 11.7 Å². The van der Waals surface area contributed by atoms with Gasteiger partial charge in [-0.05, 0) is 24.9 Å². The highest BCUT2D eigenvalue weighted by Crippen LogP contribution is 2.21. The molecule has 4 rings (SSSR count). The number of hydrogen-bond acceptors (Lipinski definition) is 6. The molecule has 0 radical (unpaired) electrons. The van der Waals surface area contributed by atoms with Crippen molar-refractivity contribution in [3.05, 3.63) is 39.6 Å². The van der Waals surface area contributed by atoms with Crippen molar-refractivity contribution in [1.82, 2.24) is 29.0 Å². The summed E-state index contributed by atoms with van der Waals surface area (Å²) in [6.07, 6.45) is 0. The van der Waals surface area contributed by atoms with Gasteiger partial charge in [-0.15, -0.1) is 16.4 Å². The Labute approximate surface area is 160 Å². The highest BCUT2D eigenvalue weighted by atomic mass is 32.1. The first-order valence-corrected chi connectivity index (χ1v) is 9.96. The quantitative estimate of drug-likeness (QED) is 0.671. The molecule has 1 amide bonds. The molecule has 0 N–H and O–H groups in total. The predicted octanol–water partition coefficient (Wildman–Crippen LogP) is 1.09. The van der Waals surface area contributed by atoms with E-state index in [4.69, 9.17) is 0 Å². The summed E-state index contributed by atoms with van der Waals surface area (Å²) in [5.41, 5.74) is 0.469. The Kier molecular flexibility index (Phi) is 4.79. The molecule has 3 aromatic heterocycles. The summed E-state index contributed by atoms with van der Waals surface area (Å²) in [6.45, 7) is 8.38. The second-order valence-electron chi connectivity index (χ2n) is 6.65. The number of nitrogens with zero attached hydrogens (tertiary/aromatic N) is 6. The summed E-state index contributed by atoms with van der Waals surface area (Å²) in [5.74, 6) is 0.953. The van der Waals surface area contributed by atoms with Crippen LogP contribution >= 0.6 is 11.3 Å². The Balaban J connectivity index is 1.65. The molecule has 3 aromatic rings. The number of fused-ring (bicyclic) bond motifs is 1. The standard InChI is InChI=1S/C18H22N6O2S/c1-3-21-6-8-22(9-7-21)16(26)12-23-13(2)11-15(25)24-18(23)19-17(20-24)14-5-4-10-27-14/h4-5,10-11H,3,6-9,12H2,1-2H3. The number of thiophene rings is 1. The van der Waals surface area contributed by atoms with Gasteiger partial charge in [0.15, 0.2) is 5.82 Å². The fourth-order valence-corrected chi connectivity index (χ4v) is 4.01. The molecule has 9 heteroatoms. The van der Waals surface area contributed by atoms with Crippen molar-refractivity contribution in [2.45, 2.75) is 20.4 Å². The number of amides is 1. The van der Waals surface area contributed by atoms with E-state index in [9.17, 15) is 9.59 Å². The van der Waals surface area contributed by atoms with Crippen LogP contribution in [0.1, 0.15) is 12.6 Å². The third kappa shape index (κ3) is 3.40. The Morgan fingerprint density at radius 1 is 1.26 bits per heavy atom. The highest BCUT2D eigenvalue weighted by Gasteiger charge is 2.22. The van der Waals surface area contributed by atoms with Gasteiger partial charge >= 0.3 is 0 Å². The smallest absolute Gasteiger partial charge is 0.275 e. The lowest BCUT2D eigenvalue weighted by atomic mass is 10.3. The number of carbonyl (C=O) groups excluding carboxylic acids is 1. The number of rotatable bonds is 4. The van der Waals surface area contributed by atoms with Crippen LogP contribution in [0.2, 0.25) is 0 Å². The van der Waals surface area contributed by atoms with Crippen LogP contribution in [0.25, 0.3) is 16.5 Å². The van der Waals surface area contributed by atoms with Gasteiger partial charge in [0.25, 0.3) is 5.56 Å². The maximum Gasteiger partial charge on any atom is 0.275 e. The van der Waals surface area contributed by atoms with Crippen molar-refractivity contribution in [3.8, 4) is 10.7 Å². The SMILES string of the molecule is CCN1CCN(C(=O)Cn2c(C)cc(=O)n3nc(-c4cccs4)nc23)CC1. The van der Waals surface area contributed by atoms with Crippen LogP contribution in [-0.2, 0) is 11.3 Å². The monoisotopic (exact) mass is 386 g/mol. The predicted molar refractivity (Wildman–Crippen MR) is 104 cm³/mol. The average Bonchev–Trinajstić information content (AvgIpc) is 3.34. The Morgan fingerprint density at radius 3 is 2.70 bits per heavy atom. The molecule has 0 atom stereocenters. The lowest BCUT2D eigenvalue weighted by Crippen LogP contribution is -2.49. The van der Waals surface area contributed by atoms with Crippen LogP contribution in [-0.4, -0.2) is 67.6 Å². The molecule has 0 spiro atoms. The molecule has 0 bridgehead atoms. The molecule has 142 valence electrons. The van der Waals surface area contributed by atoms with Gasteiger partial charge in [-0.2, -0.15) is 9.50 Å². The lowest BCUT2D eigenvalue weighted by Gasteiger charge is -2.34. The average molecular weight is 386 g/mol. The molecular weight excluding hydrogens is 364 g/mol. The summed E-state index contributed by atoms with van der Waals surface area (Å²) in [4.78, 5) is 34.8. The normalized spacial score (nSPS) is 15.6. The van der Waals surface area contributed by atoms with E-state index in [2.05, 4.69) is 21.9 Å². The summed E-state index contributed by atoms with van der Waals surface area (Å²) in [6, 6.07) is 5.34. The fourth-order valence-electron chi connectivity index (χ4n) is 3.36. The van der Waals surface area contributed by atoms with E-state index < -0.39 is 0 Å². The van der Waals surface area contributed by atoms with E-state index in [1.807, 2.05) is 29.3 Å². The van der Waals surface area contributed by atoms with Crippen molar-refractivity contribution in [1.29, 1.82) is 0 Å². The number of carbonyl (C=O) groups is 1. The Morgan fingerprint density at radius 2 is 2.04 bits per heavy atom. The summed E-state index contributed by atoms with van der Waals surface area (Å²) in [7, 11) is 0. The van der Waals surface area contributed by atoms with Gasteiger partial charge in [0.1, 0.15) is 6.54 Å². The molecule has 4 heterocycles. The van der Waals surface area contributed by atoms with Gasteiger partial charge < -0.3 is 14.4 Å². The first-order valence-electron chi connectivity index (χ1n) is 9.08. The van der Waals surface area contributed by atoms with Crippen molar-refractivity contribution in [2.75, 3.05) is 32.7 Å². The fraction of sp³-hybridized carbons (Fsp3) is 0.444. The van der Waals surface area contributed by atoms with Gasteiger partial charge in [-0.3, -0.25) is 9.59 Å². The van der Waals surface area contributed by atoms with Crippen molar-refractivity contribution in [2.24, 2.45) is 0 Å². The van der Waals surface area contributed by atoms with Gasteiger partial charge in [0, 0.05) is 37.9 Å². The van der Waals surface area contributed by atoms with E-state index >= 15 is 0 Å². The van der Waals surface area contributed by atoms with E-state index in [1.54, 1.807) is 4.57 Å². The van der Waals surface area contributed by atoms with E-state index in [-0.39, 0.29) is 18.0 Å². The van der Waals surface area contributed by atoms with Gasteiger partial charge in [-0.1, -0.05) is 13.0 Å². The largest absolute Gasteiger partial charge is 0.339 e. The van der Waals surface area contributed by atoms with Gasteiger partial charge in [0.05, 0.1) is 4.88 Å². The zero-order chi connectivity index (χ0) is 19.0. The first-order chi connectivity index (χ1) is 13.1. The maximum atomic E-state index is 12.8. The summed E-state index contributed by atoms with van der Waals surface area (Å²) >= 11 is 1.52. The summed E-state index contributed by atoms with van der Waals surface area (Å²) in [5, 5.41) is 6.29. The zero-order valence-electron chi connectivity index (χ0n) is 15.5. The molecule has 1 fully saturated rings. The van der Waals surface area contributed by atoms with E-state index in [0.29, 0.717) is 17.3 Å². The number of aromatic nitrogens is 4. The van der Waals surface area contributed by atoms with Crippen molar-refractivity contribution < 1.29 is 4.79 Å². The van der Waals surface area contributed by atoms with Crippen LogP contribution in [0.15, 0.2) is 28.4 Å². The Hall–Kier alpha value is -2.52. The molecule has 0 saturated carbocycles. The minimum Gasteiger partial charge on any atom is -0.339 e. The third-order valence-corrected chi connectivity index (χ3v) is 5.87. The molecule has 8 nitrogen and oxygen atoms in total. The maximum absolute atomic E-state index is 12.8. The second kappa shape index (κ2) is 7.24. The van der Waals surface area contributed by atoms with Crippen LogP contribution in [0, 0.1) is 6.92 Å². The minimum absolute atomic E-state index is 0.0417. The highest BCUT2D eigenvalue weighted by molar-refractivity contribution is 7.13. The Bertz CT molecular complexity index is 1010. The molecule has 27 heavy (non-hydrogen) atoms. The number of piperazine rings is 1. The molecule has 0 aromatic carbocycles.